The summed E-state index contributed by atoms with van der Waals surface area (Å²) in [7, 11) is 0. The number of nitrogens with two attached hydrogens (primary N) is 1. The summed E-state index contributed by atoms with van der Waals surface area (Å²) in [5, 5.41) is 0.503. The van der Waals surface area contributed by atoms with E-state index < -0.39 is 0 Å². The number of fused-ring (bicyclic) bond motifs is 1. The summed E-state index contributed by atoms with van der Waals surface area (Å²) < 4.78 is 0.885. The van der Waals surface area contributed by atoms with Crippen molar-refractivity contribution in [3.05, 3.63) is 33.3 Å². The zero-order valence-corrected chi connectivity index (χ0v) is 13.5. The first-order valence-corrected chi connectivity index (χ1v) is 8.23. The molecular weight excluding hydrogens is 340 g/mol. The molecule has 20 heavy (non-hydrogen) atoms. The van der Waals surface area contributed by atoms with Gasteiger partial charge in [-0.2, -0.15) is 0 Å². The van der Waals surface area contributed by atoms with Crippen molar-refractivity contribution in [2.75, 3.05) is 13.1 Å². The molecule has 0 spiro atoms. The Morgan fingerprint density at radius 2 is 2.15 bits per heavy atom. The molecule has 2 N–H and O–H groups in total. The Balaban J connectivity index is 1.78. The van der Waals surface area contributed by atoms with E-state index in [1.54, 1.807) is 12.1 Å². The van der Waals surface area contributed by atoms with E-state index in [4.69, 9.17) is 17.3 Å². The van der Waals surface area contributed by atoms with E-state index in [0.717, 1.165) is 24.0 Å². The lowest BCUT2D eigenvalue weighted by atomic mass is 9.78. The number of carbonyl (C=O) groups excluding carboxylic acids is 1. The third-order valence-electron chi connectivity index (χ3n) is 4.60. The van der Waals surface area contributed by atoms with Crippen LogP contribution in [0.2, 0.25) is 5.02 Å². The van der Waals surface area contributed by atoms with Gasteiger partial charge in [0.15, 0.2) is 0 Å². The number of benzene rings is 1. The van der Waals surface area contributed by atoms with Crippen molar-refractivity contribution >= 4 is 33.4 Å². The maximum Gasteiger partial charge on any atom is 0.255 e. The molecule has 1 aliphatic heterocycles. The molecule has 2 aliphatic rings. The topological polar surface area (TPSA) is 46.3 Å². The van der Waals surface area contributed by atoms with Crippen LogP contribution in [0.5, 0.6) is 0 Å². The molecule has 3 unspecified atom stereocenters. The minimum atomic E-state index is 0.0316. The maximum absolute atomic E-state index is 12.6. The number of rotatable bonds is 1. The summed E-state index contributed by atoms with van der Waals surface area (Å²) in [4.78, 5) is 14.5. The number of hydrogen-bond donors (Lipinski definition) is 1. The number of amides is 1. The third kappa shape index (κ3) is 2.61. The summed E-state index contributed by atoms with van der Waals surface area (Å²) in [6, 6.07) is 5.65. The molecule has 5 heteroatoms. The Labute approximate surface area is 132 Å². The quantitative estimate of drug-likeness (QED) is 0.838. The highest BCUT2D eigenvalue weighted by molar-refractivity contribution is 9.10. The maximum atomic E-state index is 12.6. The normalized spacial score (nSPS) is 29.4. The molecule has 3 nitrogen and oxygen atoms in total. The van der Waals surface area contributed by atoms with Gasteiger partial charge in [-0.15, -0.1) is 0 Å². The lowest BCUT2D eigenvalue weighted by molar-refractivity contribution is 0.0783. The van der Waals surface area contributed by atoms with Crippen molar-refractivity contribution in [3.63, 3.8) is 0 Å². The van der Waals surface area contributed by atoms with Crippen LogP contribution < -0.4 is 5.73 Å². The Morgan fingerprint density at radius 1 is 1.35 bits per heavy atom. The number of likely N-dealkylation sites (tertiary alicyclic amines) is 1. The summed E-state index contributed by atoms with van der Waals surface area (Å²) in [5.41, 5.74) is 6.79. The fourth-order valence-electron chi connectivity index (χ4n) is 3.52. The summed E-state index contributed by atoms with van der Waals surface area (Å²) in [6.07, 6.45) is 3.46. The van der Waals surface area contributed by atoms with E-state index in [2.05, 4.69) is 15.9 Å². The molecule has 1 aliphatic carbocycles. The second-order valence-electron chi connectivity index (χ2n) is 5.85. The number of halogens is 2. The van der Waals surface area contributed by atoms with Crippen molar-refractivity contribution in [2.24, 2.45) is 17.6 Å². The van der Waals surface area contributed by atoms with Crippen LogP contribution >= 0.6 is 27.5 Å². The minimum absolute atomic E-state index is 0.0316. The van der Waals surface area contributed by atoms with Gasteiger partial charge in [-0.3, -0.25) is 4.79 Å². The summed E-state index contributed by atoms with van der Waals surface area (Å²) >= 11 is 9.54. The van der Waals surface area contributed by atoms with Gasteiger partial charge in [0, 0.05) is 23.6 Å². The van der Waals surface area contributed by atoms with Gasteiger partial charge in [0.25, 0.3) is 5.91 Å². The van der Waals surface area contributed by atoms with Gasteiger partial charge >= 0.3 is 0 Å². The predicted octanol–water partition coefficient (Wildman–Crippen LogP) is 3.30. The van der Waals surface area contributed by atoms with Crippen molar-refractivity contribution in [1.82, 2.24) is 4.90 Å². The van der Waals surface area contributed by atoms with Gasteiger partial charge < -0.3 is 10.6 Å². The highest BCUT2D eigenvalue weighted by Gasteiger charge is 2.40. The van der Waals surface area contributed by atoms with Gasteiger partial charge in [-0.25, -0.2) is 0 Å². The Morgan fingerprint density at radius 3 is 2.85 bits per heavy atom. The molecule has 1 aromatic carbocycles. The summed E-state index contributed by atoms with van der Waals surface area (Å²) in [5.74, 6) is 1.06. The van der Waals surface area contributed by atoms with Crippen LogP contribution in [0.4, 0.5) is 0 Å². The molecular formula is C15H18BrClN2O. The molecule has 0 radical (unpaired) electrons. The monoisotopic (exact) mass is 356 g/mol. The smallest absolute Gasteiger partial charge is 0.255 e. The average Bonchev–Trinajstić information content (AvgIpc) is 2.83. The molecule has 108 valence electrons. The Hall–Kier alpha value is -0.580. The molecule has 1 saturated heterocycles. The standard InChI is InChI=1S/C15H18BrClN2O/c16-10-4-5-11(13(17)6-10)15(20)19-7-9-2-1-3-14(18)12(9)8-19/h4-6,9,12,14H,1-3,7-8,18H2. The van der Waals surface area contributed by atoms with E-state index in [-0.39, 0.29) is 11.9 Å². The zero-order valence-electron chi connectivity index (χ0n) is 11.2. The first kappa shape index (κ1) is 14.4. The molecule has 1 saturated carbocycles. The second-order valence-corrected chi connectivity index (χ2v) is 7.18. The molecule has 0 aromatic heterocycles. The second kappa shape index (κ2) is 5.66. The lowest BCUT2D eigenvalue weighted by Crippen LogP contribution is -2.38. The largest absolute Gasteiger partial charge is 0.338 e. The van der Waals surface area contributed by atoms with E-state index in [0.29, 0.717) is 22.4 Å². The molecule has 1 amide bonds. The van der Waals surface area contributed by atoms with Crippen LogP contribution in [-0.2, 0) is 0 Å². The van der Waals surface area contributed by atoms with Crippen LogP contribution in [0.3, 0.4) is 0 Å². The number of hydrogen-bond acceptors (Lipinski definition) is 2. The highest BCUT2D eigenvalue weighted by atomic mass is 79.9. The van der Waals surface area contributed by atoms with Gasteiger partial charge in [0.05, 0.1) is 10.6 Å². The predicted molar refractivity (Wildman–Crippen MR) is 83.9 cm³/mol. The van der Waals surface area contributed by atoms with Crippen molar-refractivity contribution in [1.29, 1.82) is 0 Å². The first-order chi connectivity index (χ1) is 9.56. The summed E-state index contributed by atoms with van der Waals surface area (Å²) in [6.45, 7) is 1.60. The SMILES string of the molecule is NC1CCCC2CN(C(=O)c3ccc(Br)cc3Cl)CC12. The van der Waals surface area contributed by atoms with Gasteiger partial charge in [0.2, 0.25) is 0 Å². The van der Waals surface area contributed by atoms with Crippen LogP contribution in [0.15, 0.2) is 22.7 Å². The van der Waals surface area contributed by atoms with Crippen molar-refractivity contribution < 1.29 is 4.79 Å². The Kier molecular flexibility index (Phi) is 4.07. The zero-order chi connectivity index (χ0) is 14.3. The molecule has 3 atom stereocenters. The average molecular weight is 358 g/mol. The van der Waals surface area contributed by atoms with Crippen molar-refractivity contribution in [3.8, 4) is 0 Å². The molecule has 3 rings (SSSR count). The number of carbonyl (C=O) groups is 1. The van der Waals surface area contributed by atoms with Gasteiger partial charge in [-0.05, 0) is 42.9 Å². The first-order valence-electron chi connectivity index (χ1n) is 7.06. The van der Waals surface area contributed by atoms with Gasteiger partial charge in [-0.1, -0.05) is 34.0 Å². The van der Waals surface area contributed by atoms with E-state index in [1.807, 2.05) is 11.0 Å². The molecule has 0 bridgehead atoms. The van der Waals surface area contributed by atoms with Crippen LogP contribution in [0.25, 0.3) is 0 Å². The van der Waals surface area contributed by atoms with Crippen LogP contribution in [0.1, 0.15) is 29.6 Å². The van der Waals surface area contributed by atoms with E-state index in [1.165, 1.54) is 12.8 Å². The van der Waals surface area contributed by atoms with Crippen LogP contribution in [-0.4, -0.2) is 29.9 Å². The van der Waals surface area contributed by atoms with E-state index >= 15 is 0 Å². The molecule has 1 heterocycles. The van der Waals surface area contributed by atoms with Gasteiger partial charge in [0.1, 0.15) is 0 Å². The third-order valence-corrected chi connectivity index (χ3v) is 5.41. The molecule has 1 aromatic rings. The fraction of sp³-hybridized carbons (Fsp3) is 0.533. The Bertz CT molecular complexity index is 537. The van der Waals surface area contributed by atoms with Crippen molar-refractivity contribution in [2.45, 2.75) is 25.3 Å². The fourth-order valence-corrected chi connectivity index (χ4v) is 4.27. The lowest BCUT2D eigenvalue weighted by Gasteiger charge is -2.29. The van der Waals surface area contributed by atoms with E-state index in [9.17, 15) is 4.79 Å². The minimum Gasteiger partial charge on any atom is -0.338 e. The number of nitrogens with zero attached hydrogens (tertiary/aromatic N) is 1. The van der Waals surface area contributed by atoms with Crippen LogP contribution in [0, 0.1) is 11.8 Å². The molecule has 2 fully saturated rings. The highest BCUT2D eigenvalue weighted by Crippen LogP contribution is 2.36.